The van der Waals surface area contributed by atoms with E-state index < -0.39 is 12.0 Å². The first-order valence-electron chi connectivity index (χ1n) is 14.1. The second-order valence-electron chi connectivity index (χ2n) is 10.4. The topological polar surface area (TPSA) is 149 Å². The van der Waals surface area contributed by atoms with E-state index in [9.17, 15) is 14.7 Å². The van der Waals surface area contributed by atoms with E-state index >= 15 is 0 Å². The molecule has 1 aromatic heterocycles. The molecule has 3 aromatic rings. The van der Waals surface area contributed by atoms with Crippen molar-refractivity contribution in [3.05, 3.63) is 47.2 Å². The molecule has 4 rings (SSSR count). The highest BCUT2D eigenvalue weighted by atomic mass is 35.5. The van der Waals surface area contributed by atoms with Crippen LogP contribution in [-0.4, -0.2) is 53.3 Å². The van der Waals surface area contributed by atoms with E-state index in [0.29, 0.717) is 77.3 Å². The lowest BCUT2D eigenvalue weighted by molar-refractivity contribution is -0.142. The van der Waals surface area contributed by atoms with Crippen LogP contribution in [0.2, 0.25) is 5.02 Å². The van der Waals surface area contributed by atoms with E-state index in [4.69, 9.17) is 26.8 Å². The Morgan fingerprint density at radius 1 is 1.15 bits per heavy atom. The van der Waals surface area contributed by atoms with Crippen LogP contribution < -0.4 is 25.8 Å². The van der Waals surface area contributed by atoms with Gasteiger partial charge in [-0.1, -0.05) is 49.8 Å². The monoisotopic (exact) mass is 583 g/mol. The van der Waals surface area contributed by atoms with Crippen LogP contribution in [0.15, 0.2) is 36.7 Å². The average Bonchev–Trinajstić information content (AvgIpc) is 2.97. The van der Waals surface area contributed by atoms with Crippen molar-refractivity contribution in [3.8, 4) is 11.5 Å². The number of nitrogens with zero attached hydrogens (tertiary/aromatic N) is 2. The molecule has 41 heavy (non-hydrogen) atoms. The lowest BCUT2D eigenvalue weighted by Crippen LogP contribution is -2.42. The van der Waals surface area contributed by atoms with Gasteiger partial charge in [-0.05, 0) is 55.5 Å². The molecule has 1 atom stereocenters. The Kier molecular flexibility index (Phi) is 11.0. The Morgan fingerprint density at radius 3 is 2.68 bits per heavy atom. The van der Waals surface area contributed by atoms with Gasteiger partial charge in [-0.25, -0.2) is 14.8 Å². The molecule has 0 unspecified atom stereocenters. The summed E-state index contributed by atoms with van der Waals surface area (Å²) in [6.07, 6.45) is 8.61. The molecular formula is C30H38ClN5O5. The zero-order valence-electron chi connectivity index (χ0n) is 23.3. The van der Waals surface area contributed by atoms with E-state index in [-0.39, 0.29) is 12.3 Å². The van der Waals surface area contributed by atoms with Gasteiger partial charge in [-0.3, -0.25) is 4.79 Å². The van der Waals surface area contributed by atoms with Gasteiger partial charge in [0.1, 0.15) is 18.2 Å². The number of aryl methyl sites for hydroxylation is 1. The van der Waals surface area contributed by atoms with Crippen molar-refractivity contribution < 1.29 is 24.2 Å². The summed E-state index contributed by atoms with van der Waals surface area (Å²) in [6, 6.07) is 8.11. The highest BCUT2D eigenvalue weighted by Gasteiger charge is 2.25. The maximum atomic E-state index is 12.8. The minimum absolute atomic E-state index is 0.131. The van der Waals surface area contributed by atoms with Gasteiger partial charge in [0.2, 0.25) is 5.91 Å². The third-order valence-corrected chi connectivity index (χ3v) is 7.64. The number of carbonyl (C=O) groups is 2. The molecule has 0 spiro atoms. The minimum atomic E-state index is -0.989. The van der Waals surface area contributed by atoms with Crippen molar-refractivity contribution in [2.45, 2.75) is 63.8 Å². The van der Waals surface area contributed by atoms with Crippen LogP contribution in [0.3, 0.4) is 0 Å². The molecule has 1 heterocycles. The number of rotatable bonds is 14. The molecule has 5 N–H and O–H groups in total. The van der Waals surface area contributed by atoms with Gasteiger partial charge in [0.05, 0.1) is 19.2 Å². The van der Waals surface area contributed by atoms with Crippen molar-refractivity contribution in [1.29, 1.82) is 0 Å². The molecule has 220 valence electrons. The quantitative estimate of drug-likeness (QED) is 0.187. The van der Waals surface area contributed by atoms with E-state index in [1.807, 2.05) is 12.1 Å². The van der Waals surface area contributed by atoms with E-state index in [1.54, 1.807) is 25.3 Å². The van der Waals surface area contributed by atoms with E-state index in [2.05, 4.69) is 20.6 Å². The van der Waals surface area contributed by atoms with Gasteiger partial charge in [-0.2, -0.15) is 0 Å². The zero-order chi connectivity index (χ0) is 29.2. The summed E-state index contributed by atoms with van der Waals surface area (Å²) in [6.45, 7) is 0.956. The van der Waals surface area contributed by atoms with Gasteiger partial charge in [0, 0.05) is 28.6 Å². The van der Waals surface area contributed by atoms with Crippen molar-refractivity contribution in [2.75, 3.05) is 25.6 Å². The first kappa shape index (κ1) is 30.3. The molecule has 2 aromatic carbocycles. The van der Waals surface area contributed by atoms with Crippen molar-refractivity contribution in [1.82, 2.24) is 15.3 Å². The summed E-state index contributed by atoms with van der Waals surface area (Å²) in [5, 5.41) is 17.0. The van der Waals surface area contributed by atoms with Crippen LogP contribution in [0.4, 0.5) is 11.5 Å². The number of aliphatic carboxylic acids is 1. The Balaban J connectivity index is 1.49. The Labute approximate surface area is 245 Å². The third-order valence-electron chi connectivity index (χ3n) is 7.40. The van der Waals surface area contributed by atoms with Crippen molar-refractivity contribution in [3.63, 3.8) is 0 Å². The third kappa shape index (κ3) is 8.43. The number of carbonyl (C=O) groups excluding carboxylic acids is 1. The highest BCUT2D eigenvalue weighted by molar-refractivity contribution is 6.30. The van der Waals surface area contributed by atoms with Gasteiger partial charge in [0.15, 0.2) is 11.5 Å². The first-order valence-corrected chi connectivity index (χ1v) is 14.5. The lowest BCUT2D eigenvalue weighted by Gasteiger charge is -2.25. The Morgan fingerprint density at radius 2 is 1.95 bits per heavy atom. The van der Waals surface area contributed by atoms with Gasteiger partial charge in [0.25, 0.3) is 0 Å². The number of fused-ring (bicyclic) bond motifs is 1. The largest absolute Gasteiger partial charge is 0.493 e. The second-order valence-corrected chi connectivity index (χ2v) is 10.8. The van der Waals surface area contributed by atoms with Crippen LogP contribution in [0.25, 0.3) is 10.9 Å². The number of anilines is 2. The second kappa shape index (κ2) is 14.8. The number of aromatic nitrogens is 2. The number of amides is 1. The predicted molar refractivity (Wildman–Crippen MR) is 159 cm³/mol. The maximum Gasteiger partial charge on any atom is 0.326 e. The number of hydrogen-bond donors (Lipinski definition) is 4. The van der Waals surface area contributed by atoms with Crippen LogP contribution in [0, 0.1) is 5.92 Å². The minimum Gasteiger partial charge on any atom is -0.493 e. The SMILES string of the molecule is COc1cc2ncnc(Nc3cc(Cl)ccc3CCC(=O)N[C@H](CC3CCCCC3)C(=O)O)c2cc1OCCCN. The highest BCUT2D eigenvalue weighted by Crippen LogP contribution is 2.36. The molecule has 0 bridgehead atoms. The van der Waals surface area contributed by atoms with Crippen molar-refractivity contribution in [2.24, 2.45) is 11.7 Å². The summed E-state index contributed by atoms with van der Waals surface area (Å²) < 4.78 is 11.4. The number of ether oxygens (including phenoxy) is 2. The molecule has 1 saturated carbocycles. The molecule has 10 nitrogen and oxygen atoms in total. The van der Waals surface area contributed by atoms with Crippen LogP contribution in [0.1, 0.15) is 56.9 Å². The molecule has 0 radical (unpaired) electrons. The normalized spacial score (nSPS) is 14.4. The van der Waals surface area contributed by atoms with Crippen molar-refractivity contribution >= 4 is 45.9 Å². The molecule has 11 heteroatoms. The predicted octanol–water partition coefficient (Wildman–Crippen LogP) is 5.24. The average molecular weight is 584 g/mol. The van der Waals surface area contributed by atoms with Crippen LogP contribution in [0.5, 0.6) is 11.5 Å². The molecule has 1 amide bonds. The van der Waals surface area contributed by atoms with Gasteiger partial charge >= 0.3 is 5.97 Å². The standard InChI is InChI=1S/C30H38ClN5O5/c1-40-26-17-24-22(16-27(26)41-13-5-12-32)29(34-18-33-24)36-23-15-21(31)10-8-20(23)9-11-28(37)35-25(30(38)39)14-19-6-3-2-4-7-19/h8,10,15-19,25H,2-7,9,11-14,32H2,1H3,(H,35,37)(H,38,39)(H,33,34,36)/t25-/m1/s1. The van der Waals surface area contributed by atoms with Crippen LogP contribution >= 0.6 is 11.6 Å². The molecule has 0 aliphatic heterocycles. The summed E-state index contributed by atoms with van der Waals surface area (Å²) in [5.41, 5.74) is 7.78. The Bertz CT molecular complexity index is 1350. The smallest absolute Gasteiger partial charge is 0.326 e. The van der Waals surface area contributed by atoms with E-state index in [1.165, 1.54) is 12.7 Å². The van der Waals surface area contributed by atoms with E-state index in [0.717, 1.165) is 31.2 Å². The number of nitrogens with one attached hydrogen (secondary N) is 2. The zero-order valence-corrected chi connectivity index (χ0v) is 24.1. The molecule has 1 fully saturated rings. The fourth-order valence-electron chi connectivity index (χ4n) is 5.20. The fraction of sp³-hybridized carbons (Fsp3) is 0.467. The maximum absolute atomic E-state index is 12.8. The van der Waals surface area contributed by atoms with Gasteiger partial charge < -0.3 is 30.9 Å². The number of hydrogen-bond acceptors (Lipinski definition) is 8. The Hall–Kier alpha value is -3.63. The summed E-state index contributed by atoms with van der Waals surface area (Å²) in [7, 11) is 1.57. The molecule has 1 aliphatic carbocycles. The number of benzene rings is 2. The molecular weight excluding hydrogens is 546 g/mol. The summed E-state index contributed by atoms with van der Waals surface area (Å²) in [4.78, 5) is 33.5. The van der Waals surface area contributed by atoms with Gasteiger partial charge in [-0.15, -0.1) is 0 Å². The summed E-state index contributed by atoms with van der Waals surface area (Å²) >= 11 is 6.33. The number of halogens is 1. The number of carboxylic acids is 1. The summed E-state index contributed by atoms with van der Waals surface area (Å²) in [5.74, 6) is 0.691. The molecule has 0 saturated heterocycles. The number of methoxy groups -OCH3 is 1. The first-order chi connectivity index (χ1) is 19.9. The van der Waals surface area contributed by atoms with Crippen LogP contribution in [-0.2, 0) is 16.0 Å². The number of nitrogens with two attached hydrogens (primary N) is 1. The lowest BCUT2D eigenvalue weighted by atomic mass is 9.85. The number of carboxylic acid groups (broad SMARTS) is 1. The molecule has 1 aliphatic rings. The fourth-order valence-corrected chi connectivity index (χ4v) is 5.38.